The Morgan fingerprint density at radius 1 is 1.38 bits per heavy atom. The molecule has 2 aliphatic rings. The maximum absolute atomic E-state index is 12.5. The number of rotatable bonds is 5. The summed E-state index contributed by atoms with van der Waals surface area (Å²) in [7, 11) is 0. The number of nitrogens with zero attached hydrogens (tertiary/aromatic N) is 1. The largest absolute Gasteiger partial charge is 0.463 e. The van der Waals surface area contributed by atoms with Crippen molar-refractivity contribution in [1.82, 2.24) is 15.5 Å². The first-order chi connectivity index (χ1) is 14.0. The van der Waals surface area contributed by atoms with Gasteiger partial charge in [-0.25, -0.2) is 0 Å². The highest BCUT2D eigenvalue weighted by atomic mass is 32.1. The summed E-state index contributed by atoms with van der Waals surface area (Å²) in [4.78, 5) is 38.7. The molecule has 0 bridgehead atoms. The molecule has 8 nitrogen and oxygen atoms in total. The van der Waals surface area contributed by atoms with Crippen molar-refractivity contribution in [3.05, 3.63) is 35.4 Å². The number of ether oxygens (including phenoxy) is 2. The summed E-state index contributed by atoms with van der Waals surface area (Å²) in [6, 6.07) is 6.32. The van der Waals surface area contributed by atoms with Crippen LogP contribution in [0.5, 0.6) is 0 Å². The lowest BCUT2D eigenvalue weighted by Gasteiger charge is -2.36. The van der Waals surface area contributed by atoms with Crippen LogP contribution in [0.15, 0.2) is 24.3 Å². The van der Waals surface area contributed by atoms with Gasteiger partial charge in [0.05, 0.1) is 12.5 Å². The van der Waals surface area contributed by atoms with Crippen LogP contribution in [0, 0.1) is 6.92 Å². The standard InChI is InChI=1S/C20H25N3O5S/c1-13-5-2-3-7-15(13)18(25)22-20(29)23-9-8-21-19(26)16(23)11-17(24)28-12-14-6-4-10-27-14/h2-3,5,7,14,16H,4,6,8-12H2,1H3,(H,21,26)(H,22,25,29)/t14-,16-/m1/s1. The number of thiocarbonyl (C=S) groups is 1. The fourth-order valence-electron chi connectivity index (χ4n) is 3.40. The van der Waals surface area contributed by atoms with Crippen LogP contribution in [0.2, 0.25) is 0 Å². The predicted octanol–water partition coefficient (Wildman–Crippen LogP) is 0.922. The fraction of sp³-hybridized carbons (Fsp3) is 0.500. The summed E-state index contributed by atoms with van der Waals surface area (Å²) in [5.41, 5.74) is 1.32. The molecule has 0 aromatic heterocycles. The fourth-order valence-corrected chi connectivity index (χ4v) is 3.71. The van der Waals surface area contributed by atoms with Crippen LogP contribution in [-0.2, 0) is 19.1 Å². The van der Waals surface area contributed by atoms with Gasteiger partial charge in [0.25, 0.3) is 5.91 Å². The van der Waals surface area contributed by atoms with Crippen LogP contribution in [-0.4, -0.2) is 66.2 Å². The molecule has 29 heavy (non-hydrogen) atoms. The quantitative estimate of drug-likeness (QED) is 0.541. The van der Waals surface area contributed by atoms with E-state index in [-0.39, 0.29) is 36.1 Å². The van der Waals surface area contributed by atoms with Gasteiger partial charge < -0.3 is 19.7 Å². The Bertz CT molecular complexity index is 794. The Kier molecular flexibility index (Phi) is 7.16. The average molecular weight is 420 g/mol. The molecule has 156 valence electrons. The van der Waals surface area contributed by atoms with Gasteiger partial charge in [-0.05, 0) is 43.6 Å². The number of carbonyl (C=O) groups is 3. The topological polar surface area (TPSA) is 97.0 Å². The van der Waals surface area contributed by atoms with Crippen molar-refractivity contribution >= 4 is 35.1 Å². The van der Waals surface area contributed by atoms with Crippen molar-refractivity contribution in [2.45, 2.75) is 38.3 Å². The molecule has 2 saturated heterocycles. The van der Waals surface area contributed by atoms with Gasteiger partial charge in [-0.1, -0.05) is 18.2 Å². The first-order valence-electron chi connectivity index (χ1n) is 9.68. The third-order valence-corrected chi connectivity index (χ3v) is 5.35. The second-order valence-electron chi connectivity index (χ2n) is 7.10. The van der Waals surface area contributed by atoms with E-state index in [2.05, 4.69) is 10.6 Å². The molecule has 0 unspecified atom stereocenters. The molecule has 1 aromatic rings. The first kappa shape index (κ1) is 21.2. The van der Waals surface area contributed by atoms with Crippen LogP contribution in [0.3, 0.4) is 0 Å². The summed E-state index contributed by atoms with van der Waals surface area (Å²) >= 11 is 5.37. The third kappa shape index (κ3) is 5.51. The predicted molar refractivity (Wildman–Crippen MR) is 109 cm³/mol. The van der Waals surface area contributed by atoms with Crippen LogP contribution in [0.4, 0.5) is 0 Å². The Balaban J connectivity index is 1.60. The summed E-state index contributed by atoms with van der Waals surface area (Å²) in [6.07, 6.45) is 1.58. The molecule has 2 heterocycles. The van der Waals surface area contributed by atoms with Gasteiger partial charge in [-0.3, -0.25) is 19.7 Å². The van der Waals surface area contributed by atoms with Crippen molar-refractivity contribution < 1.29 is 23.9 Å². The highest BCUT2D eigenvalue weighted by molar-refractivity contribution is 7.80. The smallest absolute Gasteiger partial charge is 0.308 e. The lowest BCUT2D eigenvalue weighted by molar-refractivity contribution is -0.150. The zero-order valence-corrected chi connectivity index (χ0v) is 17.1. The second-order valence-corrected chi connectivity index (χ2v) is 7.48. The summed E-state index contributed by atoms with van der Waals surface area (Å²) in [6.45, 7) is 3.46. The second kappa shape index (κ2) is 9.80. The number of amides is 2. The first-order valence-corrected chi connectivity index (χ1v) is 10.1. The van der Waals surface area contributed by atoms with Gasteiger partial charge in [-0.2, -0.15) is 0 Å². The van der Waals surface area contributed by atoms with Gasteiger partial charge in [0.1, 0.15) is 12.6 Å². The molecule has 0 saturated carbocycles. The Hall–Kier alpha value is -2.52. The molecule has 0 radical (unpaired) electrons. The Labute approximate surface area is 174 Å². The van der Waals surface area contributed by atoms with E-state index in [9.17, 15) is 14.4 Å². The van der Waals surface area contributed by atoms with E-state index in [1.54, 1.807) is 17.0 Å². The van der Waals surface area contributed by atoms with E-state index >= 15 is 0 Å². The molecule has 0 aliphatic carbocycles. The van der Waals surface area contributed by atoms with Gasteiger partial charge in [0.2, 0.25) is 5.91 Å². The number of nitrogens with one attached hydrogen (secondary N) is 2. The molecule has 2 amide bonds. The number of hydrogen-bond acceptors (Lipinski definition) is 6. The van der Waals surface area contributed by atoms with Crippen LogP contribution in [0.25, 0.3) is 0 Å². The highest BCUT2D eigenvalue weighted by Crippen LogP contribution is 2.15. The summed E-state index contributed by atoms with van der Waals surface area (Å²) in [5.74, 6) is -1.17. The van der Waals surface area contributed by atoms with Gasteiger partial charge in [0.15, 0.2) is 5.11 Å². The SMILES string of the molecule is Cc1ccccc1C(=O)NC(=S)N1CCNC(=O)[C@H]1CC(=O)OC[C@H]1CCCO1. The average Bonchev–Trinajstić information content (AvgIpc) is 3.22. The van der Waals surface area contributed by atoms with Crippen LogP contribution < -0.4 is 10.6 Å². The Morgan fingerprint density at radius 3 is 2.90 bits per heavy atom. The van der Waals surface area contributed by atoms with Crippen molar-refractivity contribution in [1.29, 1.82) is 0 Å². The summed E-state index contributed by atoms with van der Waals surface area (Å²) < 4.78 is 10.7. The Morgan fingerprint density at radius 2 is 2.17 bits per heavy atom. The van der Waals surface area contributed by atoms with Crippen LogP contribution >= 0.6 is 12.2 Å². The molecule has 2 atom stereocenters. The lowest BCUT2D eigenvalue weighted by atomic mass is 10.1. The van der Waals surface area contributed by atoms with E-state index in [1.807, 2.05) is 19.1 Å². The number of aryl methyl sites for hydroxylation is 1. The van der Waals surface area contributed by atoms with Crippen LogP contribution in [0.1, 0.15) is 35.2 Å². The third-order valence-electron chi connectivity index (χ3n) is 5.02. The normalized spacial score (nSPS) is 21.4. The number of piperazine rings is 1. The zero-order chi connectivity index (χ0) is 20.8. The minimum Gasteiger partial charge on any atom is -0.463 e. The van der Waals surface area contributed by atoms with E-state index in [0.717, 1.165) is 18.4 Å². The molecule has 2 aliphatic heterocycles. The molecule has 2 fully saturated rings. The molecule has 3 rings (SSSR count). The van der Waals surface area contributed by atoms with E-state index in [0.29, 0.717) is 25.3 Å². The summed E-state index contributed by atoms with van der Waals surface area (Å²) in [5, 5.41) is 5.52. The van der Waals surface area contributed by atoms with Crippen molar-refractivity contribution in [2.75, 3.05) is 26.3 Å². The molecule has 1 aromatic carbocycles. The number of esters is 1. The molecule has 9 heteroatoms. The lowest BCUT2D eigenvalue weighted by Crippen LogP contribution is -2.60. The van der Waals surface area contributed by atoms with Crippen molar-refractivity contribution in [3.63, 3.8) is 0 Å². The van der Waals surface area contributed by atoms with E-state index in [1.165, 1.54) is 0 Å². The van der Waals surface area contributed by atoms with Gasteiger partial charge in [0, 0.05) is 25.3 Å². The van der Waals surface area contributed by atoms with E-state index < -0.39 is 12.0 Å². The minimum absolute atomic E-state index is 0.0790. The monoisotopic (exact) mass is 419 g/mol. The van der Waals surface area contributed by atoms with Crippen molar-refractivity contribution in [2.24, 2.45) is 0 Å². The maximum atomic E-state index is 12.5. The number of carbonyl (C=O) groups excluding carboxylic acids is 3. The van der Waals surface area contributed by atoms with E-state index in [4.69, 9.17) is 21.7 Å². The maximum Gasteiger partial charge on any atom is 0.308 e. The molecule has 0 spiro atoms. The molecular weight excluding hydrogens is 394 g/mol. The minimum atomic E-state index is -0.828. The number of hydrogen-bond donors (Lipinski definition) is 2. The molecule has 2 N–H and O–H groups in total. The number of benzene rings is 1. The van der Waals surface area contributed by atoms with Crippen molar-refractivity contribution in [3.8, 4) is 0 Å². The highest BCUT2D eigenvalue weighted by Gasteiger charge is 2.34. The zero-order valence-electron chi connectivity index (χ0n) is 16.3. The molecular formula is C20H25N3O5S. The van der Waals surface area contributed by atoms with Gasteiger partial charge in [-0.15, -0.1) is 0 Å². The van der Waals surface area contributed by atoms with Gasteiger partial charge >= 0.3 is 5.97 Å².